The van der Waals surface area contributed by atoms with Crippen LogP contribution in [0.3, 0.4) is 0 Å². The largest absolute Gasteiger partial charge is 0.497 e. The maximum Gasteiger partial charge on any atom is 0.264 e. The second kappa shape index (κ2) is 11.0. The molecular formula is C25H20BrClN2O4S. The van der Waals surface area contributed by atoms with Gasteiger partial charge in [0.25, 0.3) is 5.91 Å². The number of amidine groups is 1. The van der Waals surface area contributed by atoms with Gasteiger partial charge in [0.2, 0.25) is 0 Å². The molecule has 6 nitrogen and oxygen atoms in total. The minimum absolute atomic E-state index is 0.216. The van der Waals surface area contributed by atoms with Crippen molar-refractivity contribution in [3.63, 3.8) is 0 Å². The Kier molecular flexibility index (Phi) is 7.82. The molecule has 34 heavy (non-hydrogen) atoms. The molecule has 0 aliphatic carbocycles. The van der Waals surface area contributed by atoms with Crippen LogP contribution in [0.5, 0.6) is 17.2 Å². The summed E-state index contributed by atoms with van der Waals surface area (Å²) >= 11 is 11.1. The van der Waals surface area contributed by atoms with Crippen LogP contribution in [0, 0.1) is 0 Å². The van der Waals surface area contributed by atoms with Crippen molar-refractivity contribution in [1.82, 2.24) is 5.32 Å². The van der Waals surface area contributed by atoms with Crippen molar-refractivity contribution in [1.29, 1.82) is 0 Å². The van der Waals surface area contributed by atoms with E-state index in [0.29, 0.717) is 43.4 Å². The third-order valence-corrected chi connectivity index (χ3v) is 6.70. The minimum atomic E-state index is -0.216. The zero-order chi connectivity index (χ0) is 24.1. The maximum absolute atomic E-state index is 12.5. The number of aliphatic imine (C=N–C) groups is 1. The Hall–Kier alpha value is -2.94. The molecule has 174 valence electrons. The lowest BCUT2D eigenvalue weighted by molar-refractivity contribution is -0.115. The number of amides is 1. The van der Waals surface area contributed by atoms with Crippen molar-refractivity contribution in [3.05, 3.63) is 86.2 Å². The molecule has 1 amide bonds. The molecule has 0 aromatic heterocycles. The van der Waals surface area contributed by atoms with E-state index in [1.54, 1.807) is 20.3 Å². The molecule has 0 spiro atoms. The molecule has 0 bridgehead atoms. The van der Waals surface area contributed by atoms with E-state index < -0.39 is 0 Å². The zero-order valence-electron chi connectivity index (χ0n) is 18.3. The number of thioether (sulfide) groups is 1. The fourth-order valence-corrected chi connectivity index (χ4v) is 4.74. The number of nitrogens with one attached hydrogen (secondary N) is 1. The Morgan fingerprint density at radius 2 is 1.85 bits per heavy atom. The average Bonchev–Trinajstić information content (AvgIpc) is 3.17. The first-order chi connectivity index (χ1) is 16.5. The molecule has 9 heteroatoms. The molecule has 0 saturated carbocycles. The molecule has 0 atom stereocenters. The van der Waals surface area contributed by atoms with Crippen molar-refractivity contribution in [3.8, 4) is 17.2 Å². The van der Waals surface area contributed by atoms with Crippen molar-refractivity contribution in [2.24, 2.45) is 4.99 Å². The lowest BCUT2D eigenvalue weighted by Gasteiger charge is -2.14. The predicted molar refractivity (Wildman–Crippen MR) is 140 cm³/mol. The Morgan fingerprint density at radius 3 is 2.56 bits per heavy atom. The first kappa shape index (κ1) is 24.2. The summed E-state index contributed by atoms with van der Waals surface area (Å²) in [4.78, 5) is 17.5. The Balaban J connectivity index is 1.53. The number of rotatable bonds is 7. The van der Waals surface area contributed by atoms with Crippen LogP contribution in [0.4, 0.5) is 5.69 Å². The lowest BCUT2D eigenvalue weighted by Crippen LogP contribution is -2.19. The molecule has 0 unspecified atom stereocenters. The average molecular weight is 560 g/mol. The fourth-order valence-electron chi connectivity index (χ4n) is 3.13. The zero-order valence-corrected chi connectivity index (χ0v) is 21.5. The van der Waals surface area contributed by atoms with Gasteiger partial charge in [-0.3, -0.25) is 4.79 Å². The smallest absolute Gasteiger partial charge is 0.264 e. The van der Waals surface area contributed by atoms with Gasteiger partial charge in [-0.25, -0.2) is 4.99 Å². The maximum atomic E-state index is 12.5. The SMILES string of the molecule is COc1ccc(N=C2NC(=O)/C(=C/c3cc(Br)c(OCc4ccccc4Cl)c(OC)c3)S2)cc1. The summed E-state index contributed by atoms with van der Waals surface area (Å²) in [6.07, 6.45) is 1.78. The molecule has 1 fully saturated rings. The fraction of sp³-hybridized carbons (Fsp3) is 0.120. The highest BCUT2D eigenvalue weighted by Crippen LogP contribution is 2.39. The van der Waals surface area contributed by atoms with Crippen LogP contribution in [0.1, 0.15) is 11.1 Å². The number of hydrogen-bond donors (Lipinski definition) is 1. The highest BCUT2D eigenvalue weighted by molar-refractivity contribution is 9.10. The van der Waals surface area contributed by atoms with Gasteiger partial charge in [0, 0.05) is 10.6 Å². The molecule has 1 aliphatic heterocycles. The summed E-state index contributed by atoms with van der Waals surface area (Å²) in [6, 6.07) is 18.5. The number of methoxy groups -OCH3 is 2. The summed E-state index contributed by atoms with van der Waals surface area (Å²) in [5.41, 5.74) is 2.36. The molecule has 0 radical (unpaired) electrons. The van der Waals surface area contributed by atoms with Crippen LogP contribution >= 0.6 is 39.3 Å². The van der Waals surface area contributed by atoms with E-state index in [2.05, 4.69) is 26.2 Å². The van der Waals surface area contributed by atoms with Crippen LogP contribution in [0.15, 0.2) is 75.0 Å². The van der Waals surface area contributed by atoms with Gasteiger partial charge in [0.15, 0.2) is 16.7 Å². The highest BCUT2D eigenvalue weighted by Gasteiger charge is 2.24. The normalized spacial score (nSPS) is 15.5. The van der Waals surface area contributed by atoms with Gasteiger partial charge in [-0.15, -0.1) is 0 Å². The van der Waals surface area contributed by atoms with Gasteiger partial charge in [-0.05, 0) is 81.8 Å². The Morgan fingerprint density at radius 1 is 1.09 bits per heavy atom. The lowest BCUT2D eigenvalue weighted by atomic mass is 10.2. The molecule has 3 aromatic rings. The number of ether oxygens (including phenoxy) is 3. The van der Waals surface area contributed by atoms with E-state index in [1.165, 1.54) is 11.8 Å². The summed E-state index contributed by atoms with van der Waals surface area (Å²) < 4.78 is 17.4. The van der Waals surface area contributed by atoms with E-state index in [-0.39, 0.29) is 5.91 Å². The number of hydrogen-bond acceptors (Lipinski definition) is 6. The predicted octanol–water partition coefficient (Wildman–Crippen LogP) is 6.59. The van der Waals surface area contributed by atoms with Gasteiger partial charge in [0.05, 0.1) is 29.3 Å². The van der Waals surface area contributed by atoms with Crippen molar-refractivity contribution < 1.29 is 19.0 Å². The minimum Gasteiger partial charge on any atom is -0.497 e. The van der Waals surface area contributed by atoms with Crippen LogP contribution in [0.25, 0.3) is 6.08 Å². The summed E-state index contributed by atoms with van der Waals surface area (Å²) in [6.45, 7) is 0.290. The second-order valence-electron chi connectivity index (χ2n) is 7.09. The van der Waals surface area contributed by atoms with Crippen LogP contribution in [-0.4, -0.2) is 25.3 Å². The third kappa shape index (κ3) is 5.75. The van der Waals surface area contributed by atoms with E-state index in [9.17, 15) is 4.79 Å². The molecule has 3 aromatic carbocycles. The molecular weight excluding hydrogens is 540 g/mol. The molecule has 4 rings (SSSR count). The van der Waals surface area contributed by atoms with Crippen molar-refractivity contribution in [2.45, 2.75) is 6.61 Å². The van der Waals surface area contributed by atoms with E-state index >= 15 is 0 Å². The van der Waals surface area contributed by atoms with E-state index in [1.807, 2.05) is 60.7 Å². The second-order valence-corrected chi connectivity index (χ2v) is 9.39. The molecule has 1 saturated heterocycles. The van der Waals surface area contributed by atoms with Crippen molar-refractivity contribution >= 4 is 62.1 Å². The Labute approximate surface area is 215 Å². The van der Waals surface area contributed by atoms with Gasteiger partial charge >= 0.3 is 0 Å². The topological polar surface area (TPSA) is 69.2 Å². The van der Waals surface area contributed by atoms with Crippen LogP contribution < -0.4 is 19.5 Å². The first-order valence-electron chi connectivity index (χ1n) is 10.1. The monoisotopic (exact) mass is 558 g/mol. The van der Waals surface area contributed by atoms with Crippen LogP contribution in [0.2, 0.25) is 5.02 Å². The standard InChI is InChI=1S/C25H20BrClN2O4S/c1-31-18-9-7-17(8-10-18)28-25-29-24(30)22(34-25)13-15-11-19(26)23(21(12-15)32-2)33-14-16-5-3-4-6-20(16)27/h3-13H,14H2,1-2H3,(H,28,29,30)/b22-13-. The van der Waals surface area contributed by atoms with E-state index in [4.69, 9.17) is 25.8 Å². The van der Waals surface area contributed by atoms with E-state index in [0.717, 1.165) is 16.9 Å². The molecule has 1 heterocycles. The quantitative estimate of drug-likeness (QED) is 0.331. The van der Waals surface area contributed by atoms with Gasteiger partial charge in [-0.1, -0.05) is 29.8 Å². The summed E-state index contributed by atoms with van der Waals surface area (Å²) in [7, 11) is 3.17. The molecule has 1 aliphatic rings. The van der Waals surface area contributed by atoms with Gasteiger partial charge in [-0.2, -0.15) is 0 Å². The van der Waals surface area contributed by atoms with Gasteiger partial charge in [0.1, 0.15) is 12.4 Å². The summed E-state index contributed by atoms with van der Waals surface area (Å²) in [5.74, 6) is 1.61. The van der Waals surface area contributed by atoms with Crippen LogP contribution in [-0.2, 0) is 11.4 Å². The number of nitrogens with zero attached hydrogens (tertiary/aromatic N) is 1. The highest BCUT2D eigenvalue weighted by atomic mass is 79.9. The number of carbonyl (C=O) groups excluding carboxylic acids is 1. The number of carbonyl (C=O) groups is 1. The Bertz CT molecular complexity index is 1280. The third-order valence-electron chi connectivity index (χ3n) is 4.83. The molecule has 1 N–H and O–H groups in total. The summed E-state index contributed by atoms with van der Waals surface area (Å²) in [5, 5.41) is 3.94. The number of halogens is 2. The number of benzene rings is 3. The first-order valence-corrected chi connectivity index (χ1v) is 12.1. The van der Waals surface area contributed by atoms with Gasteiger partial charge < -0.3 is 19.5 Å². The van der Waals surface area contributed by atoms with Crippen molar-refractivity contribution in [2.75, 3.05) is 14.2 Å².